The van der Waals surface area contributed by atoms with E-state index in [4.69, 9.17) is 5.10 Å². The first-order valence-corrected chi connectivity index (χ1v) is 13.6. The maximum atomic E-state index is 13.6. The van der Waals surface area contributed by atoms with Crippen LogP contribution >= 0.6 is 0 Å². The molecule has 7 heteroatoms. The molecule has 0 saturated carbocycles. The highest BCUT2D eigenvalue weighted by molar-refractivity contribution is 5.89. The number of nitrogens with zero attached hydrogens (tertiary/aromatic N) is 5. The number of likely N-dealkylation sites (N-methyl/N-ethyl adjacent to an activating group) is 1. The van der Waals surface area contributed by atoms with E-state index in [1.807, 2.05) is 42.2 Å². The Labute approximate surface area is 222 Å². The Kier molecular flexibility index (Phi) is 8.87. The lowest BCUT2D eigenvalue weighted by Crippen LogP contribution is -2.47. The van der Waals surface area contributed by atoms with E-state index in [0.29, 0.717) is 19.0 Å². The van der Waals surface area contributed by atoms with Gasteiger partial charge in [-0.15, -0.1) is 0 Å². The molecule has 1 fully saturated rings. The molecule has 0 aliphatic carbocycles. The number of aromatic nitrogens is 2. The van der Waals surface area contributed by atoms with Crippen LogP contribution in [0.5, 0.6) is 0 Å². The minimum atomic E-state index is -0.0696. The molecule has 1 saturated heterocycles. The van der Waals surface area contributed by atoms with Crippen LogP contribution in [0.4, 0.5) is 16.3 Å². The molecule has 0 spiro atoms. The first-order valence-electron chi connectivity index (χ1n) is 13.6. The number of hydrogen-bond donors (Lipinski definition) is 1. The number of rotatable bonds is 9. The van der Waals surface area contributed by atoms with Gasteiger partial charge in [-0.2, -0.15) is 5.10 Å². The maximum Gasteiger partial charge on any atom is 0.322 e. The molecule has 198 valence electrons. The molecule has 0 radical (unpaired) electrons. The average molecular weight is 503 g/mol. The lowest BCUT2D eigenvalue weighted by Gasteiger charge is -2.36. The number of para-hydroxylation sites is 1. The molecule has 4 rings (SSSR count). The molecule has 0 atom stereocenters. The Bertz CT molecular complexity index is 1160. The van der Waals surface area contributed by atoms with Crippen LogP contribution in [0.1, 0.15) is 44.0 Å². The summed E-state index contributed by atoms with van der Waals surface area (Å²) >= 11 is 0. The van der Waals surface area contributed by atoms with E-state index in [9.17, 15) is 4.79 Å². The summed E-state index contributed by atoms with van der Waals surface area (Å²) in [5.74, 6) is 1.61. The Morgan fingerprint density at radius 2 is 1.76 bits per heavy atom. The molecule has 1 aliphatic heterocycles. The first-order chi connectivity index (χ1) is 17.9. The van der Waals surface area contributed by atoms with E-state index < -0.39 is 0 Å². The van der Waals surface area contributed by atoms with Crippen molar-refractivity contribution in [3.05, 3.63) is 71.4 Å². The van der Waals surface area contributed by atoms with Crippen molar-refractivity contribution in [3.63, 3.8) is 0 Å². The van der Waals surface area contributed by atoms with Crippen molar-refractivity contribution in [1.29, 1.82) is 0 Å². The summed E-state index contributed by atoms with van der Waals surface area (Å²) in [5.41, 5.74) is 5.08. The molecule has 1 aromatic heterocycles. The normalized spacial score (nSPS) is 14.3. The number of carbonyl (C=O) groups is 1. The molecule has 3 aromatic rings. The number of carbonyl (C=O) groups excluding carboxylic acids is 1. The summed E-state index contributed by atoms with van der Waals surface area (Å²) in [6.45, 7) is 17.0. The predicted octanol–water partition coefficient (Wildman–Crippen LogP) is 5.71. The number of aryl methyl sites for hydroxylation is 2. The van der Waals surface area contributed by atoms with Crippen LogP contribution in [0.3, 0.4) is 0 Å². The topological polar surface area (TPSA) is 56.6 Å². The zero-order chi connectivity index (χ0) is 26.4. The minimum Gasteiger partial charge on any atom is -0.354 e. The number of nitrogens with one attached hydrogen (secondary N) is 1. The van der Waals surface area contributed by atoms with Crippen LogP contribution in [-0.2, 0) is 6.54 Å². The van der Waals surface area contributed by atoms with Crippen LogP contribution in [0, 0.1) is 19.8 Å². The molecule has 1 N–H and O–H groups in total. The van der Waals surface area contributed by atoms with Crippen LogP contribution in [0.15, 0.2) is 54.6 Å². The van der Waals surface area contributed by atoms with Crippen molar-refractivity contribution in [1.82, 2.24) is 19.6 Å². The summed E-state index contributed by atoms with van der Waals surface area (Å²) in [5, 5.41) is 8.14. The van der Waals surface area contributed by atoms with Gasteiger partial charge in [-0.3, -0.25) is 0 Å². The zero-order valence-electron chi connectivity index (χ0n) is 23.1. The van der Waals surface area contributed by atoms with Crippen molar-refractivity contribution in [2.45, 2.75) is 47.6 Å². The van der Waals surface area contributed by atoms with Gasteiger partial charge in [-0.25, -0.2) is 9.48 Å². The fourth-order valence-electron chi connectivity index (χ4n) is 4.87. The largest absolute Gasteiger partial charge is 0.354 e. The smallest absolute Gasteiger partial charge is 0.322 e. The first kappa shape index (κ1) is 26.7. The molecule has 37 heavy (non-hydrogen) atoms. The fraction of sp³-hybridized carbons (Fsp3) is 0.467. The average Bonchev–Trinajstić information content (AvgIpc) is 3.22. The number of piperazine rings is 1. The minimum absolute atomic E-state index is 0.0696. The SMILES string of the molecule is CCN1CCN(c2c(CN(CCC(C)C)C(=O)Nc3cccc(C)c3)c(C)nn2-c2ccccc2)CC1. The summed E-state index contributed by atoms with van der Waals surface area (Å²) in [7, 11) is 0. The Morgan fingerprint density at radius 1 is 1.03 bits per heavy atom. The highest BCUT2D eigenvalue weighted by atomic mass is 16.2. The predicted molar refractivity (Wildman–Crippen MR) is 153 cm³/mol. The number of hydrogen-bond acceptors (Lipinski definition) is 4. The summed E-state index contributed by atoms with van der Waals surface area (Å²) in [4.78, 5) is 20.5. The third kappa shape index (κ3) is 6.72. The van der Waals surface area contributed by atoms with Crippen LogP contribution in [0.2, 0.25) is 0 Å². The molecular formula is C30H42N6O. The monoisotopic (exact) mass is 502 g/mol. The fourth-order valence-corrected chi connectivity index (χ4v) is 4.87. The molecule has 2 amide bonds. The van der Waals surface area contributed by atoms with Crippen LogP contribution in [-0.4, -0.2) is 64.9 Å². The Hall–Kier alpha value is -3.32. The third-order valence-corrected chi connectivity index (χ3v) is 7.16. The van der Waals surface area contributed by atoms with Gasteiger partial charge in [0, 0.05) is 44.0 Å². The standard InChI is InChI=1S/C30H42N6O/c1-6-33-17-19-34(20-18-33)29-28(25(5)32-36(29)27-13-8-7-9-14-27)22-35(16-15-23(2)3)30(37)31-26-12-10-11-24(4)21-26/h7-14,21,23H,6,15-20,22H2,1-5H3,(H,31,37). The highest BCUT2D eigenvalue weighted by Gasteiger charge is 2.27. The van der Waals surface area contributed by atoms with Gasteiger partial charge in [-0.1, -0.05) is 51.1 Å². The highest BCUT2D eigenvalue weighted by Crippen LogP contribution is 2.30. The second-order valence-corrected chi connectivity index (χ2v) is 10.5. The number of benzene rings is 2. The van der Waals surface area contributed by atoms with E-state index >= 15 is 0 Å². The summed E-state index contributed by atoms with van der Waals surface area (Å²) in [6, 6.07) is 18.2. The molecule has 2 aromatic carbocycles. The quantitative estimate of drug-likeness (QED) is 0.407. The van der Waals surface area contributed by atoms with E-state index in [0.717, 1.165) is 73.2 Å². The van der Waals surface area contributed by atoms with Gasteiger partial charge in [0.15, 0.2) is 0 Å². The van der Waals surface area contributed by atoms with Crippen LogP contribution < -0.4 is 10.2 Å². The Morgan fingerprint density at radius 3 is 2.41 bits per heavy atom. The van der Waals surface area contributed by atoms with Gasteiger partial charge in [-0.05, 0) is 62.6 Å². The number of anilines is 2. The van der Waals surface area contributed by atoms with Gasteiger partial charge < -0.3 is 20.0 Å². The lowest BCUT2D eigenvalue weighted by molar-refractivity contribution is 0.205. The number of urea groups is 1. The van der Waals surface area contributed by atoms with Crippen molar-refractivity contribution in [2.75, 3.05) is 49.5 Å². The molecule has 0 bridgehead atoms. The molecular weight excluding hydrogens is 460 g/mol. The van der Waals surface area contributed by atoms with Crippen molar-refractivity contribution >= 4 is 17.5 Å². The van der Waals surface area contributed by atoms with Gasteiger partial charge in [0.25, 0.3) is 0 Å². The van der Waals surface area contributed by atoms with Crippen molar-refractivity contribution < 1.29 is 4.79 Å². The lowest BCUT2D eigenvalue weighted by atomic mass is 10.1. The second-order valence-electron chi connectivity index (χ2n) is 10.5. The van der Waals surface area contributed by atoms with E-state index in [-0.39, 0.29) is 6.03 Å². The summed E-state index contributed by atoms with van der Waals surface area (Å²) in [6.07, 6.45) is 0.942. The van der Waals surface area contributed by atoms with Gasteiger partial charge >= 0.3 is 6.03 Å². The third-order valence-electron chi connectivity index (χ3n) is 7.16. The van der Waals surface area contributed by atoms with E-state index in [1.165, 1.54) is 0 Å². The molecule has 2 heterocycles. The van der Waals surface area contributed by atoms with Crippen molar-refractivity contribution in [2.24, 2.45) is 5.92 Å². The molecule has 7 nitrogen and oxygen atoms in total. The maximum absolute atomic E-state index is 13.6. The van der Waals surface area contributed by atoms with Crippen molar-refractivity contribution in [3.8, 4) is 5.69 Å². The number of amides is 2. The van der Waals surface area contributed by atoms with E-state index in [1.54, 1.807) is 0 Å². The zero-order valence-corrected chi connectivity index (χ0v) is 23.1. The second kappa shape index (κ2) is 12.3. The van der Waals surface area contributed by atoms with Crippen LogP contribution in [0.25, 0.3) is 5.69 Å². The molecule has 0 unspecified atom stereocenters. The Balaban J connectivity index is 1.68. The van der Waals surface area contributed by atoms with E-state index in [2.05, 4.69) is 71.8 Å². The van der Waals surface area contributed by atoms with Gasteiger partial charge in [0.2, 0.25) is 0 Å². The summed E-state index contributed by atoms with van der Waals surface area (Å²) < 4.78 is 2.07. The van der Waals surface area contributed by atoms with Gasteiger partial charge in [0.1, 0.15) is 5.82 Å². The molecule has 1 aliphatic rings. The van der Waals surface area contributed by atoms with Gasteiger partial charge in [0.05, 0.1) is 17.9 Å².